The summed E-state index contributed by atoms with van der Waals surface area (Å²) in [7, 11) is -6.98. The van der Waals surface area contributed by atoms with Gasteiger partial charge in [-0.3, -0.25) is 9.10 Å². The van der Waals surface area contributed by atoms with Gasteiger partial charge in [0.2, 0.25) is 10.0 Å². The Morgan fingerprint density at radius 2 is 1.77 bits per heavy atom. The van der Waals surface area contributed by atoms with Gasteiger partial charge in [-0.25, -0.2) is 16.8 Å². The first kappa shape index (κ1) is 22.4. The maximum atomic E-state index is 12.8. The van der Waals surface area contributed by atoms with Crippen LogP contribution in [0.15, 0.2) is 47.4 Å². The number of ether oxygens (including phenoxy) is 1. The summed E-state index contributed by atoms with van der Waals surface area (Å²) in [5.74, 6) is -0.259. The molecule has 0 saturated heterocycles. The summed E-state index contributed by atoms with van der Waals surface area (Å²) < 4.78 is 54.4. The molecule has 1 N–H and O–H groups in total. The highest BCUT2D eigenvalue weighted by Crippen LogP contribution is 2.37. The molecule has 0 radical (unpaired) electrons. The third kappa shape index (κ3) is 4.88. The van der Waals surface area contributed by atoms with Gasteiger partial charge in [0, 0.05) is 11.3 Å². The first-order valence-electron chi connectivity index (χ1n) is 8.90. The zero-order chi connectivity index (χ0) is 22.3. The maximum absolute atomic E-state index is 12.8. The first-order valence-corrected chi connectivity index (χ1v) is 13.0. The predicted molar refractivity (Wildman–Crippen MR) is 114 cm³/mol. The molecule has 0 fully saturated rings. The summed E-state index contributed by atoms with van der Waals surface area (Å²) in [6.07, 6.45) is 1.10. The van der Waals surface area contributed by atoms with E-state index in [1.165, 1.54) is 24.3 Å². The molecule has 0 spiro atoms. The average Bonchev–Trinajstić information content (AvgIpc) is 2.65. The third-order valence-corrected chi connectivity index (χ3v) is 7.16. The van der Waals surface area contributed by atoms with Crippen LogP contribution in [-0.2, 0) is 24.7 Å². The molecule has 2 aromatic rings. The Morgan fingerprint density at radius 1 is 1.13 bits per heavy atom. The molecule has 11 heteroatoms. The van der Waals surface area contributed by atoms with Crippen molar-refractivity contribution in [3.05, 3.63) is 53.1 Å². The van der Waals surface area contributed by atoms with Crippen molar-refractivity contribution in [1.82, 2.24) is 5.32 Å². The minimum atomic E-state index is -3.66. The highest BCUT2D eigenvalue weighted by Gasteiger charge is 2.35. The van der Waals surface area contributed by atoms with Gasteiger partial charge >= 0.3 is 0 Å². The zero-order valence-corrected chi connectivity index (χ0v) is 18.9. The Morgan fingerprint density at radius 3 is 2.33 bits per heavy atom. The number of carbonyl (C=O) groups is 1. The minimum Gasteiger partial charge on any atom is -0.476 e. The monoisotopic (exact) mass is 472 g/mol. The Bertz CT molecular complexity index is 1180. The van der Waals surface area contributed by atoms with E-state index in [4.69, 9.17) is 16.3 Å². The second-order valence-electron chi connectivity index (χ2n) is 7.08. The molecular weight excluding hydrogens is 452 g/mol. The summed E-state index contributed by atoms with van der Waals surface area (Å²) in [4.78, 5) is 13.0. The molecular formula is C19H21ClN2O6S2. The van der Waals surface area contributed by atoms with Crippen molar-refractivity contribution in [2.45, 2.75) is 24.0 Å². The van der Waals surface area contributed by atoms with Crippen LogP contribution in [0.25, 0.3) is 0 Å². The summed E-state index contributed by atoms with van der Waals surface area (Å²) in [5, 5.41) is 3.12. The second-order valence-corrected chi connectivity index (χ2v) is 11.4. The van der Waals surface area contributed by atoms with Crippen LogP contribution in [0.3, 0.4) is 0 Å². The molecule has 0 aromatic heterocycles. The molecule has 1 heterocycles. The number of sulfone groups is 1. The summed E-state index contributed by atoms with van der Waals surface area (Å²) in [6.45, 7) is 1.54. The van der Waals surface area contributed by atoms with Gasteiger partial charge in [-0.15, -0.1) is 0 Å². The molecule has 8 nitrogen and oxygen atoms in total. The van der Waals surface area contributed by atoms with Crippen molar-refractivity contribution in [2.75, 3.05) is 23.4 Å². The number of benzene rings is 2. The van der Waals surface area contributed by atoms with Crippen LogP contribution in [0.1, 0.15) is 18.5 Å². The molecule has 1 amide bonds. The van der Waals surface area contributed by atoms with Crippen LogP contribution < -0.4 is 14.4 Å². The molecule has 0 unspecified atom stereocenters. The van der Waals surface area contributed by atoms with Crippen LogP contribution in [0.4, 0.5) is 5.69 Å². The third-order valence-electron chi connectivity index (χ3n) is 4.65. The van der Waals surface area contributed by atoms with E-state index in [9.17, 15) is 21.6 Å². The van der Waals surface area contributed by atoms with Crippen molar-refractivity contribution in [3.63, 3.8) is 0 Å². The topological polar surface area (TPSA) is 110 Å². The summed E-state index contributed by atoms with van der Waals surface area (Å²) >= 11 is 5.97. The van der Waals surface area contributed by atoms with Gasteiger partial charge in [-0.1, -0.05) is 23.7 Å². The molecule has 0 saturated carbocycles. The van der Waals surface area contributed by atoms with Gasteiger partial charge in [-0.05, 0) is 42.8 Å². The van der Waals surface area contributed by atoms with E-state index in [-0.39, 0.29) is 22.9 Å². The van der Waals surface area contributed by atoms with E-state index in [0.29, 0.717) is 10.6 Å². The number of hydrogen-bond acceptors (Lipinski definition) is 6. The lowest BCUT2D eigenvalue weighted by Crippen LogP contribution is -2.50. The number of sulfonamides is 1. The SMILES string of the molecule is C[C@@H](NC(=O)[C@@H]1CN(S(C)(=O)=O)c2cc(Cl)ccc2O1)c1ccc(S(C)(=O)=O)cc1. The van der Waals surface area contributed by atoms with E-state index >= 15 is 0 Å². The predicted octanol–water partition coefficient (Wildman–Crippen LogP) is 2.15. The Labute approximate surface area is 180 Å². The largest absolute Gasteiger partial charge is 0.476 e. The van der Waals surface area contributed by atoms with Crippen molar-refractivity contribution in [2.24, 2.45) is 0 Å². The summed E-state index contributed by atoms with van der Waals surface area (Å²) in [5.41, 5.74) is 0.970. The van der Waals surface area contributed by atoms with Crippen LogP contribution in [0, 0.1) is 0 Å². The minimum absolute atomic E-state index is 0.180. The molecule has 30 heavy (non-hydrogen) atoms. The molecule has 1 aliphatic heterocycles. The van der Waals surface area contributed by atoms with E-state index in [0.717, 1.165) is 16.8 Å². The molecule has 162 valence electrons. The molecule has 2 aromatic carbocycles. The highest BCUT2D eigenvalue weighted by atomic mass is 35.5. The Kier molecular flexibility index (Phi) is 6.03. The van der Waals surface area contributed by atoms with Crippen LogP contribution in [0.5, 0.6) is 5.75 Å². The quantitative estimate of drug-likeness (QED) is 0.714. The van der Waals surface area contributed by atoms with Crippen LogP contribution in [-0.4, -0.2) is 47.9 Å². The average molecular weight is 473 g/mol. The van der Waals surface area contributed by atoms with Crippen molar-refractivity contribution in [1.29, 1.82) is 0 Å². The number of nitrogens with one attached hydrogen (secondary N) is 1. The second kappa shape index (κ2) is 8.09. The normalized spacial score (nSPS) is 17.6. The number of carbonyl (C=O) groups excluding carboxylic acids is 1. The fourth-order valence-electron chi connectivity index (χ4n) is 3.07. The number of amides is 1. The fourth-order valence-corrected chi connectivity index (χ4v) is 4.77. The number of rotatable bonds is 5. The van der Waals surface area contributed by atoms with E-state index in [1.54, 1.807) is 25.1 Å². The Balaban J connectivity index is 1.79. The maximum Gasteiger partial charge on any atom is 0.263 e. The lowest BCUT2D eigenvalue weighted by molar-refractivity contribution is -0.128. The highest BCUT2D eigenvalue weighted by molar-refractivity contribution is 7.92. The zero-order valence-electron chi connectivity index (χ0n) is 16.5. The number of hydrogen-bond donors (Lipinski definition) is 1. The van der Waals surface area contributed by atoms with Crippen LogP contribution >= 0.6 is 11.6 Å². The van der Waals surface area contributed by atoms with E-state index < -0.39 is 37.9 Å². The van der Waals surface area contributed by atoms with E-state index in [2.05, 4.69) is 5.32 Å². The van der Waals surface area contributed by atoms with Crippen molar-refractivity contribution in [3.8, 4) is 5.75 Å². The van der Waals surface area contributed by atoms with Gasteiger partial charge in [-0.2, -0.15) is 0 Å². The molecule has 3 rings (SSSR count). The first-order chi connectivity index (χ1) is 13.9. The van der Waals surface area contributed by atoms with Gasteiger partial charge in [0.15, 0.2) is 15.9 Å². The van der Waals surface area contributed by atoms with Crippen molar-refractivity contribution < 1.29 is 26.4 Å². The standard InChI is InChI=1S/C19H21ClN2O6S2/c1-12(13-4-7-15(8-5-13)29(2,24)25)21-19(23)18-11-22(30(3,26)27)16-10-14(20)6-9-17(16)28-18/h4-10,12,18H,11H2,1-3H3,(H,21,23)/t12-,18+/m1/s1. The van der Waals surface area contributed by atoms with Gasteiger partial charge in [0.05, 0.1) is 29.4 Å². The number of anilines is 1. The number of fused-ring (bicyclic) bond motifs is 1. The van der Waals surface area contributed by atoms with E-state index in [1.807, 2.05) is 0 Å². The van der Waals surface area contributed by atoms with Gasteiger partial charge in [0.25, 0.3) is 5.91 Å². The van der Waals surface area contributed by atoms with Crippen LogP contribution in [0.2, 0.25) is 5.02 Å². The molecule has 0 bridgehead atoms. The van der Waals surface area contributed by atoms with Gasteiger partial charge < -0.3 is 10.1 Å². The smallest absolute Gasteiger partial charge is 0.263 e. The lowest BCUT2D eigenvalue weighted by Gasteiger charge is -2.34. The Hall–Kier alpha value is -2.30. The lowest BCUT2D eigenvalue weighted by atomic mass is 10.1. The fraction of sp³-hybridized carbons (Fsp3) is 0.316. The van der Waals surface area contributed by atoms with Crippen molar-refractivity contribution >= 4 is 43.1 Å². The van der Waals surface area contributed by atoms with Gasteiger partial charge in [0.1, 0.15) is 5.75 Å². The summed E-state index contributed by atoms with van der Waals surface area (Å²) in [6, 6.07) is 10.2. The number of nitrogens with zero attached hydrogens (tertiary/aromatic N) is 1. The molecule has 0 aliphatic carbocycles. The molecule has 2 atom stereocenters. The number of halogens is 1. The molecule has 1 aliphatic rings.